The molecule has 0 aliphatic rings. The first-order valence-electron chi connectivity index (χ1n) is 11.0. The van der Waals surface area contributed by atoms with Crippen molar-refractivity contribution in [3.63, 3.8) is 0 Å². The fourth-order valence-electron chi connectivity index (χ4n) is 3.26. The molecular formula is C25H28O9S. The zero-order chi connectivity index (χ0) is 25.0. The molecule has 35 heavy (non-hydrogen) atoms. The van der Waals surface area contributed by atoms with Gasteiger partial charge in [0.05, 0.1) is 55.5 Å². The van der Waals surface area contributed by atoms with Crippen LogP contribution in [-0.2, 0) is 28.4 Å². The van der Waals surface area contributed by atoms with Crippen LogP contribution in [0.3, 0.4) is 0 Å². The Bertz CT molecular complexity index is 1200. The molecule has 0 unspecified atom stereocenters. The van der Waals surface area contributed by atoms with Crippen molar-refractivity contribution >= 4 is 43.4 Å². The monoisotopic (exact) mass is 504 g/mol. The Labute approximate surface area is 206 Å². The number of fused-ring (bicyclic) bond motifs is 2. The van der Waals surface area contributed by atoms with Crippen molar-refractivity contribution in [3.8, 4) is 0 Å². The number of esters is 2. The third kappa shape index (κ3) is 7.06. The maximum absolute atomic E-state index is 13.1. The smallest absolute Gasteiger partial charge is 0.340 e. The molecule has 0 bridgehead atoms. The van der Waals surface area contributed by atoms with Crippen LogP contribution in [0.1, 0.15) is 20.7 Å². The van der Waals surface area contributed by atoms with Crippen LogP contribution >= 0.6 is 11.3 Å². The molecule has 1 aromatic heterocycles. The second-order valence-electron chi connectivity index (χ2n) is 7.27. The number of hydrogen-bond donors (Lipinski definition) is 0. The molecule has 0 saturated heterocycles. The van der Waals surface area contributed by atoms with E-state index >= 15 is 0 Å². The summed E-state index contributed by atoms with van der Waals surface area (Å²) in [5.41, 5.74) is -0.207. The van der Waals surface area contributed by atoms with Crippen LogP contribution in [0, 0.1) is 0 Å². The topological polar surface area (TPSA) is 107 Å². The Morgan fingerprint density at radius 3 is 1.97 bits per heavy atom. The van der Waals surface area contributed by atoms with Gasteiger partial charge in [-0.05, 0) is 24.3 Å². The lowest BCUT2D eigenvalue weighted by Crippen LogP contribution is -2.19. The van der Waals surface area contributed by atoms with E-state index in [-0.39, 0.29) is 43.0 Å². The van der Waals surface area contributed by atoms with Crippen molar-refractivity contribution in [2.24, 2.45) is 0 Å². The van der Waals surface area contributed by atoms with E-state index in [9.17, 15) is 14.4 Å². The molecule has 0 aliphatic carbocycles. The Balaban J connectivity index is 1.88. The number of methoxy groups -OCH3 is 2. The lowest BCUT2D eigenvalue weighted by atomic mass is 10.0. The Morgan fingerprint density at radius 1 is 0.714 bits per heavy atom. The van der Waals surface area contributed by atoms with Crippen molar-refractivity contribution in [2.45, 2.75) is 0 Å². The van der Waals surface area contributed by atoms with Crippen LogP contribution in [0.4, 0.5) is 0 Å². The molecule has 0 aliphatic heterocycles. The van der Waals surface area contributed by atoms with E-state index in [4.69, 9.17) is 28.4 Å². The summed E-state index contributed by atoms with van der Waals surface area (Å²) >= 11 is 1.24. The lowest BCUT2D eigenvalue weighted by Gasteiger charge is -2.13. The van der Waals surface area contributed by atoms with Crippen molar-refractivity contribution in [2.75, 3.05) is 67.1 Å². The van der Waals surface area contributed by atoms with E-state index in [1.165, 1.54) is 23.5 Å². The number of carbonyl (C=O) groups is 2. The van der Waals surface area contributed by atoms with Crippen LogP contribution < -0.4 is 5.43 Å². The summed E-state index contributed by atoms with van der Waals surface area (Å²) in [6, 6.07) is 10.1. The fourth-order valence-corrected chi connectivity index (χ4v) is 4.47. The highest BCUT2D eigenvalue weighted by molar-refractivity contribution is 7.25. The zero-order valence-corrected chi connectivity index (χ0v) is 20.5. The third-order valence-corrected chi connectivity index (χ3v) is 6.16. The number of rotatable bonds is 14. The summed E-state index contributed by atoms with van der Waals surface area (Å²) in [5.74, 6) is -1.45. The fraction of sp³-hybridized carbons (Fsp3) is 0.400. The molecule has 10 heteroatoms. The van der Waals surface area contributed by atoms with E-state index in [1.807, 2.05) is 0 Å². The molecule has 0 amide bonds. The van der Waals surface area contributed by atoms with E-state index in [1.54, 1.807) is 38.5 Å². The second kappa shape index (κ2) is 13.9. The molecule has 0 spiro atoms. The molecule has 0 saturated carbocycles. The quantitative estimate of drug-likeness (QED) is 0.186. The number of hydrogen-bond acceptors (Lipinski definition) is 10. The van der Waals surface area contributed by atoms with Crippen molar-refractivity contribution < 1.29 is 38.0 Å². The first-order chi connectivity index (χ1) is 17.1. The van der Waals surface area contributed by atoms with Gasteiger partial charge in [-0.3, -0.25) is 4.79 Å². The summed E-state index contributed by atoms with van der Waals surface area (Å²) in [4.78, 5) is 39.1. The van der Waals surface area contributed by atoms with Crippen molar-refractivity contribution in [3.05, 3.63) is 57.7 Å². The van der Waals surface area contributed by atoms with Gasteiger partial charge in [0.2, 0.25) is 0 Å². The van der Waals surface area contributed by atoms with Gasteiger partial charge in [0.15, 0.2) is 5.43 Å². The van der Waals surface area contributed by atoms with Gasteiger partial charge in [-0.15, -0.1) is 11.3 Å². The lowest BCUT2D eigenvalue weighted by molar-refractivity contribution is 0.0186. The first-order valence-corrected chi connectivity index (χ1v) is 11.9. The molecule has 188 valence electrons. The van der Waals surface area contributed by atoms with Crippen LogP contribution in [0.2, 0.25) is 0 Å². The van der Waals surface area contributed by atoms with Gasteiger partial charge in [-0.1, -0.05) is 12.1 Å². The highest BCUT2D eigenvalue weighted by Gasteiger charge is 2.25. The van der Waals surface area contributed by atoms with Crippen molar-refractivity contribution in [1.82, 2.24) is 0 Å². The van der Waals surface area contributed by atoms with Gasteiger partial charge in [0.25, 0.3) is 0 Å². The summed E-state index contributed by atoms with van der Waals surface area (Å²) in [7, 11) is 3.12. The predicted octanol–water partition coefficient (Wildman–Crippen LogP) is 3.05. The van der Waals surface area contributed by atoms with Crippen LogP contribution in [-0.4, -0.2) is 79.0 Å². The SMILES string of the molecule is COCCOCCOC(=O)c1ccc2c(=O)c3ccccc3sc2c1C(=O)OCCOCCOC. The normalized spacial score (nSPS) is 11.1. The largest absolute Gasteiger partial charge is 0.460 e. The van der Waals surface area contributed by atoms with Gasteiger partial charge >= 0.3 is 11.9 Å². The number of ether oxygens (including phenoxy) is 6. The van der Waals surface area contributed by atoms with E-state index in [2.05, 4.69) is 0 Å². The molecule has 0 atom stereocenters. The minimum atomic E-state index is -0.736. The first kappa shape index (κ1) is 26.7. The average molecular weight is 505 g/mol. The van der Waals surface area contributed by atoms with E-state index in [0.29, 0.717) is 46.6 Å². The van der Waals surface area contributed by atoms with Crippen LogP contribution in [0.25, 0.3) is 20.2 Å². The molecule has 3 aromatic rings. The Morgan fingerprint density at radius 2 is 1.31 bits per heavy atom. The molecule has 9 nitrogen and oxygen atoms in total. The molecule has 1 heterocycles. The van der Waals surface area contributed by atoms with Crippen LogP contribution in [0.15, 0.2) is 41.2 Å². The standard InChI is InChI=1S/C25H28O9S/c1-29-9-11-31-13-15-33-24(27)18-7-8-19-22(26)17-5-3-4-6-20(17)35-23(19)21(18)25(28)34-16-14-32-12-10-30-2/h3-8H,9-16H2,1-2H3. The van der Waals surface area contributed by atoms with Gasteiger partial charge in [0, 0.05) is 29.7 Å². The van der Waals surface area contributed by atoms with E-state index < -0.39 is 11.9 Å². The molecule has 0 radical (unpaired) electrons. The highest BCUT2D eigenvalue weighted by atomic mass is 32.1. The third-order valence-electron chi connectivity index (χ3n) is 4.96. The Hall–Kier alpha value is -2.89. The molecule has 0 fully saturated rings. The summed E-state index contributed by atoms with van der Waals surface area (Å²) in [6.45, 7) is 1.89. The van der Waals surface area contributed by atoms with Gasteiger partial charge in [-0.2, -0.15) is 0 Å². The number of carbonyl (C=O) groups excluding carboxylic acids is 2. The Kier molecular flexibility index (Phi) is 10.6. The molecule has 0 N–H and O–H groups in total. The van der Waals surface area contributed by atoms with Gasteiger partial charge in [-0.25, -0.2) is 9.59 Å². The summed E-state index contributed by atoms with van der Waals surface area (Å²) < 4.78 is 32.2. The maximum Gasteiger partial charge on any atom is 0.340 e. The van der Waals surface area contributed by atoms with Crippen LogP contribution in [0.5, 0.6) is 0 Å². The van der Waals surface area contributed by atoms with Gasteiger partial charge in [0.1, 0.15) is 13.2 Å². The molecule has 3 rings (SSSR count). The second-order valence-corrected chi connectivity index (χ2v) is 8.33. The average Bonchev–Trinajstić information content (AvgIpc) is 2.87. The predicted molar refractivity (Wildman–Crippen MR) is 132 cm³/mol. The summed E-state index contributed by atoms with van der Waals surface area (Å²) in [6.07, 6.45) is 0. The minimum absolute atomic E-state index is 0.00227. The number of benzene rings is 2. The van der Waals surface area contributed by atoms with Crippen molar-refractivity contribution in [1.29, 1.82) is 0 Å². The molecule has 2 aromatic carbocycles. The van der Waals surface area contributed by atoms with Gasteiger partial charge < -0.3 is 28.4 Å². The van der Waals surface area contributed by atoms with E-state index in [0.717, 1.165) is 0 Å². The highest BCUT2D eigenvalue weighted by Crippen LogP contribution is 2.30. The zero-order valence-electron chi connectivity index (χ0n) is 19.7. The molecular weight excluding hydrogens is 476 g/mol. The minimum Gasteiger partial charge on any atom is -0.460 e. The maximum atomic E-state index is 13.1. The summed E-state index contributed by atoms with van der Waals surface area (Å²) in [5, 5.41) is 0.871.